The van der Waals surface area contributed by atoms with Crippen LogP contribution < -0.4 is 4.74 Å². The molecule has 3 rings (SSSR count). The van der Waals surface area contributed by atoms with Crippen molar-refractivity contribution in [3.05, 3.63) is 41.7 Å². The number of benzene rings is 1. The van der Waals surface area contributed by atoms with Gasteiger partial charge in [0.05, 0.1) is 19.3 Å². The van der Waals surface area contributed by atoms with E-state index in [9.17, 15) is 9.59 Å². The number of hydrogen-bond acceptors (Lipinski definition) is 4. The molecule has 0 saturated heterocycles. The molecular weight excluding hydrogens is 268 g/mol. The van der Waals surface area contributed by atoms with E-state index < -0.39 is 0 Å². The van der Waals surface area contributed by atoms with Crippen LogP contribution in [0.3, 0.4) is 0 Å². The summed E-state index contributed by atoms with van der Waals surface area (Å²) in [7, 11) is 1.57. The molecule has 0 N–H and O–H groups in total. The second-order valence-electron chi connectivity index (χ2n) is 5.52. The molecule has 1 aromatic rings. The number of carbonyl (C=O) groups excluding carboxylic acids is 2. The Kier molecular flexibility index (Phi) is 3.78. The molecule has 1 saturated carbocycles. The largest absolute Gasteiger partial charge is 0.497 e. The molecule has 1 aliphatic carbocycles. The number of rotatable bonds is 3. The van der Waals surface area contributed by atoms with E-state index in [2.05, 4.69) is 0 Å². The van der Waals surface area contributed by atoms with E-state index in [1.807, 2.05) is 0 Å². The Bertz CT molecular complexity index is 585. The highest BCUT2D eigenvalue weighted by Gasteiger charge is 2.39. The minimum absolute atomic E-state index is 0.0429. The number of hydrogen-bond donors (Lipinski definition) is 0. The molecule has 4 nitrogen and oxygen atoms in total. The Hall–Kier alpha value is -2.10. The number of methoxy groups -OCH3 is 1. The van der Waals surface area contributed by atoms with Crippen LogP contribution in [0.1, 0.15) is 36.0 Å². The van der Waals surface area contributed by atoms with Crippen molar-refractivity contribution in [1.82, 2.24) is 0 Å². The first-order valence-corrected chi connectivity index (χ1v) is 7.29. The van der Waals surface area contributed by atoms with Crippen LogP contribution in [0.5, 0.6) is 5.75 Å². The van der Waals surface area contributed by atoms with Gasteiger partial charge in [-0.3, -0.25) is 9.59 Å². The highest BCUT2D eigenvalue weighted by Crippen LogP contribution is 2.33. The average molecular weight is 286 g/mol. The third-order valence-electron chi connectivity index (χ3n) is 4.26. The number of allylic oxidation sites excluding steroid dienone is 1. The van der Waals surface area contributed by atoms with Crippen LogP contribution in [0, 0.1) is 5.92 Å². The normalized spacial score (nSPS) is 24.6. The van der Waals surface area contributed by atoms with Crippen molar-refractivity contribution >= 4 is 11.6 Å². The van der Waals surface area contributed by atoms with Gasteiger partial charge in [-0.25, -0.2) is 0 Å². The predicted molar refractivity (Wildman–Crippen MR) is 77.2 cm³/mol. The molecule has 2 unspecified atom stereocenters. The summed E-state index contributed by atoms with van der Waals surface area (Å²) in [4.78, 5) is 25.0. The average Bonchev–Trinajstić information content (AvgIpc) is 2.55. The van der Waals surface area contributed by atoms with Crippen LogP contribution in [-0.4, -0.2) is 24.8 Å². The molecule has 1 aromatic carbocycles. The first-order chi connectivity index (χ1) is 10.2. The molecule has 1 aliphatic heterocycles. The van der Waals surface area contributed by atoms with Gasteiger partial charge in [-0.05, 0) is 43.5 Å². The fourth-order valence-corrected chi connectivity index (χ4v) is 3.04. The van der Waals surface area contributed by atoms with Gasteiger partial charge in [-0.15, -0.1) is 0 Å². The molecule has 0 radical (unpaired) electrons. The summed E-state index contributed by atoms with van der Waals surface area (Å²) in [6, 6.07) is 6.77. The first-order valence-electron chi connectivity index (χ1n) is 7.29. The predicted octanol–water partition coefficient (Wildman–Crippen LogP) is 2.92. The fraction of sp³-hybridized carbons (Fsp3) is 0.412. The Balaban J connectivity index is 1.83. The highest BCUT2D eigenvalue weighted by atomic mass is 16.5. The summed E-state index contributed by atoms with van der Waals surface area (Å²) in [6.07, 6.45) is 5.15. The molecule has 21 heavy (non-hydrogen) atoms. The lowest BCUT2D eigenvalue weighted by Crippen LogP contribution is -2.38. The van der Waals surface area contributed by atoms with Gasteiger partial charge in [0.1, 0.15) is 17.4 Å². The maximum Gasteiger partial charge on any atom is 0.199 e. The second-order valence-corrected chi connectivity index (χ2v) is 5.52. The van der Waals surface area contributed by atoms with Crippen LogP contribution in [-0.2, 0) is 9.53 Å². The quantitative estimate of drug-likeness (QED) is 0.633. The van der Waals surface area contributed by atoms with Gasteiger partial charge >= 0.3 is 0 Å². The molecule has 1 heterocycles. The monoisotopic (exact) mass is 286 g/mol. The van der Waals surface area contributed by atoms with Crippen LogP contribution in [0.4, 0.5) is 0 Å². The SMILES string of the molecule is COc1ccc(C(=O)C2=COC3CCCCC3C2=O)cc1. The van der Waals surface area contributed by atoms with Gasteiger partial charge in [0.2, 0.25) is 0 Å². The maximum absolute atomic E-state index is 12.5. The number of Topliss-reactive ketones (excluding diaryl/α,β-unsaturated/α-hetero) is 2. The number of carbonyl (C=O) groups is 2. The summed E-state index contributed by atoms with van der Waals surface area (Å²) >= 11 is 0. The van der Waals surface area contributed by atoms with Crippen molar-refractivity contribution in [2.75, 3.05) is 7.11 Å². The van der Waals surface area contributed by atoms with Crippen LogP contribution in [0.25, 0.3) is 0 Å². The first kappa shape index (κ1) is 13.9. The van der Waals surface area contributed by atoms with E-state index >= 15 is 0 Å². The summed E-state index contributed by atoms with van der Waals surface area (Å²) < 4.78 is 10.7. The van der Waals surface area contributed by atoms with Gasteiger partial charge in [0, 0.05) is 5.56 Å². The lowest BCUT2D eigenvalue weighted by atomic mass is 9.79. The Morgan fingerprint density at radius 2 is 1.90 bits per heavy atom. The van der Waals surface area contributed by atoms with Gasteiger partial charge in [-0.1, -0.05) is 6.42 Å². The Labute approximate surface area is 123 Å². The zero-order valence-electron chi connectivity index (χ0n) is 12.0. The molecular formula is C17H18O4. The lowest BCUT2D eigenvalue weighted by Gasteiger charge is -2.33. The second kappa shape index (κ2) is 5.72. The van der Waals surface area contributed by atoms with E-state index in [-0.39, 0.29) is 29.2 Å². The molecule has 0 amide bonds. The zero-order chi connectivity index (χ0) is 14.8. The van der Waals surface area contributed by atoms with E-state index in [4.69, 9.17) is 9.47 Å². The summed E-state index contributed by atoms with van der Waals surface area (Å²) in [5.41, 5.74) is 0.650. The third kappa shape index (κ3) is 2.58. The fourth-order valence-electron chi connectivity index (χ4n) is 3.04. The molecule has 2 aliphatic rings. The number of fused-ring (bicyclic) bond motifs is 1. The minimum Gasteiger partial charge on any atom is -0.497 e. The highest BCUT2D eigenvalue weighted by molar-refractivity contribution is 6.27. The van der Waals surface area contributed by atoms with Crippen LogP contribution >= 0.6 is 0 Å². The molecule has 0 bridgehead atoms. The topological polar surface area (TPSA) is 52.6 Å². The van der Waals surface area contributed by atoms with Gasteiger partial charge in [-0.2, -0.15) is 0 Å². The molecule has 0 aromatic heterocycles. The van der Waals surface area contributed by atoms with E-state index in [1.54, 1.807) is 31.4 Å². The van der Waals surface area contributed by atoms with Crippen molar-refractivity contribution in [2.24, 2.45) is 5.92 Å². The van der Waals surface area contributed by atoms with Gasteiger partial charge in [0.15, 0.2) is 11.6 Å². The van der Waals surface area contributed by atoms with Gasteiger partial charge in [0.25, 0.3) is 0 Å². The molecule has 0 spiro atoms. The van der Waals surface area contributed by atoms with Crippen LogP contribution in [0.15, 0.2) is 36.1 Å². The van der Waals surface area contributed by atoms with E-state index in [0.717, 1.165) is 25.7 Å². The van der Waals surface area contributed by atoms with Crippen molar-refractivity contribution in [3.63, 3.8) is 0 Å². The zero-order valence-corrected chi connectivity index (χ0v) is 12.0. The molecule has 1 fully saturated rings. The minimum atomic E-state index is -0.272. The van der Waals surface area contributed by atoms with Crippen molar-refractivity contribution in [3.8, 4) is 5.75 Å². The number of ether oxygens (including phenoxy) is 2. The van der Waals surface area contributed by atoms with E-state index in [0.29, 0.717) is 11.3 Å². The van der Waals surface area contributed by atoms with Crippen molar-refractivity contribution in [1.29, 1.82) is 0 Å². The smallest absolute Gasteiger partial charge is 0.199 e. The lowest BCUT2D eigenvalue weighted by molar-refractivity contribution is -0.126. The maximum atomic E-state index is 12.5. The number of ketones is 2. The molecule has 2 atom stereocenters. The Morgan fingerprint density at radius 1 is 1.19 bits per heavy atom. The van der Waals surface area contributed by atoms with Gasteiger partial charge < -0.3 is 9.47 Å². The standard InChI is InChI=1S/C17H18O4/c1-20-12-8-6-11(7-9-12)16(18)14-10-21-15-5-3-2-4-13(15)17(14)19/h6-10,13,15H,2-5H2,1H3. The summed E-state index contributed by atoms with van der Waals surface area (Å²) in [5.74, 6) is 0.193. The van der Waals surface area contributed by atoms with Crippen molar-refractivity contribution in [2.45, 2.75) is 31.8 Å². The van der Waals surface area contributed by atoms with Crippen molar-refractivity contribution < 1.29 is 19.1 Å². The summed E-state index contributed by atoms with van der Waals surface area (Å²) in [6.45, 7) is 0. The van der Waals surface area contributed by atoms with Crippen LogP contribution in [0.2, 0.25) is 0 Å². The summed E-state index contributed by atoms with van der Waals surface area (Å²) in [5, 5.41) is 0. The Morgan fingerprint density at radius 3 is 2.62 bits per heavy atom. The van der Waals surface area contributed by atoms with E-state index in [1.165, 1.54) is 6.26 Å². The molecule has 110 valence electrons. The third-order valence-corrected chi connectivity index (χ3v) is 4.26. The molecule has 4 heteroatoms.